The van der Waals surface area contributed by atoms with Gasteiger partial charge < -0.3 is 20.4 Å². The molecule has 1 amide bonds. The van der Waals surface area contributed by atoms with Crippen LogP contribution in [0.3, 0.4) is 0 Å². The first-order valence-corrected chi connectivity index (χ1v) is 7.26. The zero-order valence-corrected chi connectivity index (χ0v) is 13.0. The fourth-order valence-electron chi connectivity index (χ4n) is 2.24. The van der Waals surface area contributed by atoms with Crippen LogP contribution in [0.4, 0.5) is 0 Å². The van der Waals surface area contributed by atoms with E-state index >= 15 is 0 Å². The second-order valence-electron chi connectivity index (χ2n) is 5.06. The molecule has 1 atom stereocenters. The molecule has 2 aromatic rings. The molecule has 0 aliphatic heterocycles. The maximum absolute atomic E-state index is 12.1. The van der Waals surface area contributed by atoms with Gasteiger partial charge in [0, 0.05) is 25.9 Å². The highest BCUT2D eigenvalue weighted by Gasteiger charge is 2.20. The summed E-state index contributed by atoms with van der Waals surface area (Å²) in [5.41, 5.74) is 6.41. The largest absolute Gasteiger partial charge is 0.497 e. The molecule has 1 unspecified atom stereocenters. The Morgan fingerprint density at radius 2 is 2.14 bits per heavy atom. The Balaban J connectivity index is 2.25. The molecule has 1 heterocycles. The molecule has 22 heavy (non-hydrogen) atoms. The van der Waals surface area contributed by atoms with Crippen LogP contribution in [0.15, 0.2) is 36.7 Å². The van der Waals surface area contributed by atoms with Gasteiger partial charge in [0.1, 0.15) is 17.6 Å². The Labute approximate surface area is 130 Å². The summed E-state index contributed by atoms with van der Waals surface area (Å²) in [7, 11) is 3.53. The number of imidazole rings is 1. The molecule has 0 saturated heterocycles. The van der Waals surface area contributed by atoms with Crippen molar-refractivity contribution >= 4 is 5.91 Å². The number of nitrogens with zero attached hydrogens (tertiary/aromatic N) is 2. The first-order chi connectivity index (χ1) is 10.7. The molecular weight excluding hydrogens is 280 g/mol. The van der Waals surface area contributed by atoms with E-state index in [0.717, 1.165) is 17.1 Å². The molecule has 6 heteroatoms. The highest BCUT2D eigenvalue weighted by Crippen LogP contribution is 2.23. The van der Waals surface area contributed by atoms with Gasteiger partial charge in [0.05, 0.1) is 7.11 Å². The molecule has 0 fully saturated rings. The van der Waals surface area contributed by atoms with Gasteiger partial charge in [-0.1, -0.05) is 12.1 Å². The van der Waals surface area contributed by atoms with Gasteiger partial charge in [-0.15, -0.1) is 0 Å². The minimum atomic E-state index is -0.295. The van der Waals surface area contributed by atoms with Crippen molar-refractivity contribution in [1.29, 1.82) is 0 Å². The summed E-state index contributed by atoms with van der Waals surface area (Å²) in [6.45, 7) is 0.503. The van der Waals surface area contributed by atoms with Crippen molar-refractivity contribution in [3.8, 4) is 5.75 Å². The molecule has 2 rings (SSSR count). The lowest BCUT2D eigenvalue weighted by atomic mass is 10.1. The zero-order valence-electron chi connectivity index (χ0n) is 13.0. The Hall–Kier alpha value is -2.34. The number of benzene rings is 1. The Morgan fingerprint density at radius 3 is 2.68 bits per heavy atom. The fourth-order valence-corrected chi connectivity index (χ4v) is 2.24. The molecule has 6 nitrogen and oxygen atoms in total. The zero-order chi connectivity index (χ0) is 15.9. The van der Waals surface area contributed by atoms with Crippen LogP contribution >= 0.6 is 0 Å². The van der Waals surface area contributed by atoms with Gasteiger partial charge >= 0.3 is 0 Å². The minimum Gasteiger partial charge on any atom is -0.497 e. The molecule has 0 spiro atoms. The summed E-state index contributed by atoms with van der Waals surface area (Å²) in [6, 6.07) is 7.31. The number of hydrogen-bond acceptors (Lipinski definition) is 4. The summed E-state index contributed by atoms with van der Waals surface area (Å²) in [6.07, 6.45) is 4.66. The van der Waals surface area contributed by atoms with E-state index in [9.17, 15) is 4.79 Å². The lowest BCUT2D eigenvalue weighted by molar-refractivity contribution is -0.121. The monoisotopic (exact) mass is 302 g/mol. The van der Waals surface area contributed by atoms with Crippen molar-refractivity contribution in [2.75, 3.05) is 13.7 Å². The Kier molecular flexibility index (Phi) is 5.55. The number of carbonyl (C=O) groups excluding carboxylic acids is 1. The van der Waals surface area contributed by atoms with Gasteiger partial charge in [-0.25, -0.2) is 4.98 Å². The van der Waals surface area contributed by atoms with Crippen molar-refractivity contribution < 1.29 is 9.53 Å². The van der Waals surface area contributed by atoms with Crippen LogP contribution in [-0.2, 0) is 11.8 Å². The molecule has 3 N–H and O–H groups in total. The van der Waals surface area contributed by atoms with Crippen molar-refractivity contribution in [2.45, 2.75) is 18.9 Å². The Morgan fingerprint density at radius 1 is 1.41 bits per heavy atom. The first kappa shape index (κ1) is 16.0. The molecule has 0 aliphatic carbocycles. The number of carbonyl (C=O) groups is 1. The number of hydrogen-bond donors (Lipinski definition) is 2. The van der Waals surface area contributed by atoms with E-state index in [1.165, 1.54) is 0 Å². The number of methoxy groups -OCH3 is 1. The van der Waals surface area contributed by atoms with Crippen LogP contribution < -0.4 is 15.8 Å². The van der Waals surface area contributed by atoms with E-state index in [2.05, 4.69) is 10.3 Å². The maximum atomic E-state index is 12.1. The Bertz CT molecular complexity index is 607. The predicted molar refractivity (Wildman–Crippen MR) is 84.5 cm³/mol. The smallest absolute Gasteiger partial charge is 0.220 e. The van der Waals surface area contributed by atoms with Crippen LogP contribution in [0.2, 0.25) is 0 Å². The number of ether oxygens (including phenoxy) is 1. The predicted octanol–water partition coefficient (Wildman–Crippen LogP) is 1.37. The highest BCUT2D eigenvalue weighted by atomic mass is 16.5. The van der Waals surface area contributed by atoms with Crippen molar-refractivity contribution in [3.63, 3.8) is 0 Å². The van der Waals surface area contributed by atoms with E-state index in [-0.39, 0.29) is 11.9 Å². The summed E-state index contributed by atoms with van der Waals surface area (Å²) < 4.78 is 7.08. The van der Waals surface area contributed by atoms with E-state index in [1.54, 1.807) is 13.3 Å². The highest BCUT2D eigenvalue weighted by molar-refractivity contribution is 5.76. The molecule has 0 radical (unpaired) electrons. The van der Waals surface area contributed by atoms with E-state index in [1.807, 2.05) is 42.1 Å². The minimum absolute atomic E-state index is 0.0331. The normalized spacial score (nSPS) is 12.0. The van der Waals surface area contributed by atoms with Crippen LogP contribution in [0.25, 0.3) is 0 Å². The van der Waals surface area contributed by atoms with Crippen LogP contribution in [-0.4, -0.2) is 29.1 Å². The second-order valence-corrected chi connectivity index (χ2v) is 5.06. The standard InChI is InChI=1S/C16H22N4O2/c1-20-11-10-18-16(20)15(19-14(21)4-3-9-17)12-5-7-13(22-2)8-6-12/h5-8,10-11,15H,3-4,9,17H2,1-2H3,(H,19,21). The topological polar surface area (TPSA) is 82.2 Å². The lowest BCUT2D eigenvalue weighted by Gasteiger charge is -2.19. The molecular formula is C16H22N4O2. The number of aromatic nitrogens is 2. The van der Waals surface area contributed by atoms with E-state index < -0.39 is 0 Å². The van der Waals surface area contributed by atoms with Gasteiger partial charge in [-0.05, 0) is 30.7 Å². The van der Waals surface area contributed by atoms with Gasteiger partial charge in [0.15, 0.2) is 0 Å². The van der Waals surface area contributed by atoms with Crippen LogP contribution in [0, 0.1) is 0 Å². The van der Waals surface area contributed by atoms with Gasteiger partial charge in [-0.3, -0.25) is 4.79 Å². The molecule has 0 aliphatic rings. The quantitative estimate of drug-likeness (QED) is 0.809. The van der Waals surface area contributed by atoms with Gasteiger partial charge in [-0.2, -0.15) is 0 Å². The van der Waals surface area contributed by atoms with E-state index in [4.69, 9.17) is 10.5 Å². The lowest BCUT2D eigenvalue weighted by Crippen LogP contribution is -2.31. The number of amides is 1. The summed E-state index contributed by atoms with van der Waals surface area (Å²) in [4.78, 5) is 16.4. The third-order valence-electron chi connectivity index (χ3n) is 3.48. The molecule has 0 saturated carbocycles. The fraction of sp³-hybridized carbons (Fsp3) is 0.375. The second kappa shape index (κ2) is 7.61. The number of aryl methyl sites for hydroxylation is 1. The maximum Gasteiger partial charge on any atom is 0.220 e. The average Bonchev–Trinajstić information content (AvgIpc) is 2.96. The molecule has 118 valence electrons. The number of nitrogens with one attached hydrogen (secondary N) is 1. The average molecular weight is 302 g/mol. The molecule has 0 bridgehead atoms. The van der Waals surface area contributed by atoms with Crippen LogP contribution in [0.5, 0.6) is 5.75 Å². The van der Waals surface area contributed by atoms with Crippen molar-refractivity contribution in [3.05, 3.63) is 48.0 Å². The summed E-state index contributed by atoms with van der Waals surface area (Å²) in [5, 5.41) is 3.03. The first-order valence-electron chi connectivity index (χ1n) is 7.26. The van der Waals surface area contributed by atoms with Crippen molar-refractivity contribution in [2.24, 2.45) is 12.8 Å². The van der Waals surface area contributed by atoms with E-state index in [0.29, 0.717) is 19.4 Å². The summed E-state index contributed by atoms with van der Waals surface area (Å²) in [5.74, 6) is 1.53. The number of rotatable bonds is 7. The SMILES string of the molecule is COc1ccc(C(NC(=O)CCCN)c2nccn2C)cc1. The number of nitrogens with two attached hydrogens (primary N) is 1. The third-order valence-corrected chi connectivity index (χ3v) is 3.48. The molecule has 1 aromatic carbocycles. The van der Waals surface area contributed by atoms with Gasteiger partial charge in [0.2, 0.25) is 5.91 Å². The van der Waals surface area contributed by atoms with Crippen LogP contribution in [0.1, 0.15) is 30.3 Å². The van der Waals surface area contributed by atoms with Crippen molar-refractivity contribution in [1.82, 2.24) is 14.9 Å². The van der Waals surface area contributed by atoms with Gasteiger partial charge in [0.25, 0.3) is 0 Å². The molecule has 1 aromatic heterocycles. The third kappa shape index (κ3) is 3.85. The summed E-state index contributed by atoms with van der Waals surface area (Å²) >= 11 is 0.